The molecule has 0 radical (unpaired) electrons. The summed E-state index contributed by atoms with van der Waals surface area (Å²) >= 11 is 3.45. The van der Waals surface area contributed by atoms with Crippen LogP contribution in [0.4, 0.5) is 0 Å². The molecule has 1 aromatic carbocycles. The molecule has 1 N–H and O–H groups in total. The van der Waals surface area contributed by atoms with Gasteiger partial charge < -0.3 is 19.4 Å². The monoisotopic (exact) mass is 397 g/mol. The van der Waals surface area contributed by atoms with Gasteiger partial charge in [-0.25, -0.2) is 4.79 Å². The Morgan fingerprint density at radius 1 is 1.12 bits per heavy atom. The van der Waals surface area contributed by atoms with Gasteiger partial charge in [0.2, 0.25) is 0 Å². The van der Waals surface area contributed by atoms with Gasteiger partial charge >= 0.3 is 5.69 Å². The predicted octanol–water partition coefficient (Wildman–Crippen LogP) is 1.15. The molecule has 2 rings (SSSR count). The summed E-state index contributed by atoms with van der Waals surface area (Å²) < 4.78 is 13.9. The zero-order valence-corrected chi connectivity index (χ0v) is 15.6. The first kappa shape index (κ1) is 18.3. The Hall–Kier alpha value is -2.06. The lowest BCUT2D eigenvalue weighted by Gasteiger charge is -2.13. The third-order valence-electron chi connectivity index (χ3n) is 3.66. The van der Waals surface area contributed by atoms with E-state index in [2.05, 4.69) is 21.2 Å². The molecule has 0 spiro atoms. The van der Waals surface area contributed by atoms with Gasteiger partial charge in [-0.05, 0) is 33.6 Å². The SMILES string of the molecule is COc1cc(CNCc2cn(C)c(=O)n(C)c2=O)cc(Br)c1OC. The number of hydrogen-bond acceptors (Lipinski definition) is 5. The van der Waals surface area contributed by atoms with Crippen molar-refractivity contribution in [2.45, 2.75) is 13.1 Å². The zero-order chi connectivity index (χ0) is 17.9. The van der Waals surface area contributed by atoms with Gasteiger partial charge in [0.15, 0.2) is 11.5 Å². The molecule has 130 valence electrons. The summed E-state index contributed by atoms with van der Waals surface area (Å²) in [5, 5.41) is 3.20. The van der Waals surface area contributed by atoms with E-state index >= 15 is 0 Å². The molecule has 24 heavy (non-hydrogen) atoms. The summed E-state index contributed by atoms with van der Waals surface area (Å²) in [6.45, 7) is 0.887. The van der Waals surface area contributed by atoms with Gasteiger partial charge in [0.1, 0.15) is 0 Å². The van der Waals surface area contributed by atoms with Crippen LogP contribution in [0.3, 0.4) is 0 Å². The van der Waals surface area contributed by atoms with Crippen LogP contribution >= 0.6 is 15.9 Å². The highest BCUT2D eigenvalue weighted by atomic mass is 79.9. The lowest BCUT2D eigenvalue weighted by molar-refractivity contribution is 0.352. The first-order chi connectivity index (χ1) is 11.4. The second-order valence-corrected chi connectivity index (χ2v) is 6.18. The van der Waals surface area contributed by atoms with Crippen molar-refractivity contribution in [2.75, 3.05) is 14.2 Å². The maximum atomic E-state index is 12.1. The third-order valence-corrected chi connectivity index (χ3v) is 4.24. The van der Waals surface area contributed by atoms with Crippen molar-refractivity contribution in [3.05, 3.63) is 54.8 Å². The molecule has 7 nitrogen and oxygen atoms in total. The molecule has 0 saturated carbocycles. The van der Waals surface area contributed by atoms with Crippen LogP contribution in [0, 0.1) is 0 Å². The average Bonchev–Trinajstić information content (AvgIpc) is 2.56. The summed E-state index contributed by atoms with van der Waals surface area (Å²) in [6, 6.07) is 3.79. The van der Waals surface area contributed by atoms with Gasteiger partial charge in [-0.2, -0.15) is 0 Å². The van der Waals surface area contributed by atoms with E-state index in [0.29, 0.717) is 30.2 Å². The highest BCUT2D eigenvalue weighted by Crippen LogP contribution is 2.36. The van der Waals surface area contributed by atoms with E-state index in [0.717, 1.165) is 14.6 Å². The molecule has 2 aromatic rings. The number of aryl methyl sites for hydroxylation is 1. The number of nitrogens with one attached hydrogen (secondary N) is 1. The smallest absolute Gasteiger partial charge is 0.330 e. The molecule has 1 heterocycles. The van der Waals surface area contributed by atoms with E-state index < -0.39 is 0 Å². The summed E-state index contributed by atoms with van der Waals surface area (Å²) in [5.41, 5.74) is 0.868. The Morgan fingerprint density at radius 3 is 2.46 bits per heavy atom. The summed E-state index contributed by atoms with van der Waals surface area (Å²) in [5.74, 6) is 1.26. The lowest BCUT2D eigenvalue weighted by atomic mass is 10.2. The molecule has 0 amide bonds. The Bertz CT molecular complexity index is 858. The van der Waals surface area contributed by atoms with Crippen LogP contribution in [0.1, 0.15) is 11.1 Å². The molecule has 0 unspecified atom stereocenters. The van der Waals surface area contributed by atoms with E-state index in [9.17, 15) is 9.59 Å². The molecule has 0 atom stereocenters. The number of hydrogen-bond donors (Lipinski definition) is 1. The van der Waals surface area contributed by atoms with Crippen molar-refractivity contribution in [1.29, 1.82) is 0 Å². The zero-order valence-electron chi connectivity index (χ0n) is 14.1. The number of aromatic nitrogens is 2. The maximum Gasteiger partial charge on any atom is 0.330 e. The fraction of sp³-hybridized carbons (Fsp3) is 0.375. The van der Waals surface area contributed by atoms with Crippen molar-refractivity contribution in [1.82, 2.24) is 14.5 Å². The number of halogens is 1. The molecule has 8 heteroatoms. The van der Waals surface area contributed by atoms with Crippen molar-refractivity contribution in [3.63, 3.8) is 0 Å². The molecule has 0 aliphatic heterocycles. The number of methoxy groups -OCH3 is 2. The predicted molar refractivity (Wildman–Crippen MR) is 94.7 cm³/mol. The van der Waals surface area contributed by atoms with Gasteiger partial charge in [-0.15, -0.1) is 0 Å². The van der Waals surface area contributed by atoms with Crippen LogP contribution in [-0.2, 0) is 27.2 Å². The molecule has 0 saturated heterocycles. The molecule has 1 aromatic heterocycles. The molecule has 0 aliphatic carbocycles. The minimum atomic E-state index is -0.340. The number of nitrogens with zero attached hydrogens (tertiary/aromatic N) is 2. The van der Waals surface area contributed by atoms with Gasteiger partial charge in [0.25, 0.3) is 5.56 Å². The van der Waals surface area contributed by atoms with E-state index in [1.54, 1.807) is 27.5 Å². The highest BCUT2D eigenvalue weighted by molar-refractivity contribution is 9.10. The van der Waals surface area contributed by atoms with Gasteiger partial charge in [0.05, 0.1) is 18.7 Å². The molecule has 0 fully saturated rings. The fourth-order valence-corrected chi connectivity index (χ4v) is 3.07. The fourth-order valence-electron chi connectivity index (χ4n) is 2.42. The number of ether oxygens (including phenoxy) is 2. The lowest BCUT2D eigenvalue weighted by Crippen LogP contribution is -2.39. The van der Waals surface area contributed by atoms with Crippen LogP contribution in [0.2, 0.25) is 0 Å². The second-order valence-electron chi connectivity index (χ2n) is 5.33. The van der Waals surface area contributed by atoms with Gasteiger partial charge in [0, 0.05) is 38.9 Å². The van der Waals surface area contributed by atoms with Crippen LogP contribution < -0.4 is 26.0 Å². The summed E-state index contributed by atoms with van der Waals surface area (Å²) in [4.78, 5) is 23.8. The van der Waals surface area contributed by atoms with Gasteiger partial charge in [-0.1, -0.05) is 0 Å². The van der Waals surface area contributed by atoms with Crippen molar-refractivity contribution in [2.24, 2.45) is 14.1 Å². The van der Waals surface area contributed by atoms with Crippen molar-refractivity contribution in [3.8, 4) is 11.5 Å². The Labute approximate surface area is 148 Å². The second kappa shape index (κ2) is 7.67. The minimum Gasteiger partial charge on any atom is -0.493 e. The van der Waals surface area contributed by atoms with Crippen LogP contribution in [-0.4, -0.2) is 23.4 Å². The summed E-state index contributed by atoms with van der Waals surface area (Å²) in [6.07, 6.45) is 1.56. The first-order valence-corrected chi connectivity index (χ1v) is 8.05. The Morgan fingerprint density at radius 2 is 1.83 bits per heavy atom. The Kier molecular flexibility index (Phi) is 5.84. The van der Waals surface area contributed by atoms with E-state index in [-0.39, 0.29) is 11.2 Å². The maximum absolute atomic E-state index is 12.1. The first-order valence-electron chi connectivity index (χ1n) is 7.25. The van der Waals surface area contributed by atoms with E-state index in [1.165, 1.54) is 11.6 Å². The van der Waals surface area contributed by atoms with Crippen LogP contribution in [0.15, 0.2) is 32.4 Å². The average molecular weight is 398 g/mol. The standard InChI is InChI=1S/C16H20BrN3O4/c1-19-9-11(15(21)20(2)16(19)22)8-18-7-10-5-12(17)14(24-4)13(6-10)23-3/h5-6,9,18H,7-8H2,1-4H3. The molecular formula is C16H20BrN3O4. The Balaban J connectivity index is 2.15. The minimum absolute atomic E-state index is 0.293. The molecule has 0 aliphatic rings. The normalized spacial score (nSPS) is 10.7. The van der Waals surface area contributed by atoms with Crippen LogP contribution in [0.5, 0.6) is 11.5 Å². The van der Waals surface area contributed by atoms with Crippen LogP contribution in [0.25, 0.3) is 0 Å². The largest absolute Gasteiger partial charge is 0.493 e. The van der Waals surface area contributed by atoms with Crippen molar-refractivity contribution >= 4 is 15.9 Å². The van der Waals surface area contributed by atoms with Gasteiger partial charge in [-0.3, -0.25) is 9.36 Å². The quantitative estimate of drug-likeness (QED) is 0.791. The summed E-state index contributed by atoms with van der Waals surface area (Å²) in [7, 11) is 6.25. The highest BCUT2D eigenvalue weighted by Gasteiger charge is 2.11. The third kappa shape index (κ3) is 3.70. The number of benzene rings is 1. The molecular weight excluding hydrogens is 378 g/mol. The molecule has 0 bridgehead atoms. The van der Waals surface area contributed by atoms with E-state index in [4.69, 9.17) is 9.47 Å². The van der Waals surface area contributed by atoms with E-state index in [1.807, 2.05) is 12.1 Å². The van der Waals surface area contributed by atoms with Crippen molar-refractivity contribution < 1.29 is 9.47 Å². The topological polar surface area (TPSA) is 74.5 Å². The number of rotatable bonds is 6.